The van der Waals surface area contributed by atoms with Crippen LogP contribution in [0.4, 0.5) is 10.1 Å². The third-order valence-electron chi connectivity index (χ3n) is 6.92. The highest BCUT2D eigenvalue weighted by atomic mass is 19.1. The van der Waals surface area contributed by atoms with Crippen LogP contribution >= 0.6 is 0 Å². The van der Waals surface area contributed by atoms with Gasteiger partial charge in [0.25, 0.3) is 5.91 Å². The van der Waals surface area contributed by atoms with E-state index in [-0.39, 0.29) is 24.3 Å². The van der Waals surface area contributed by atoms with Gasteiger partial charge in [-0.25, -0.2) is 9.40 Å². The summed E-state index contributed by atoms with van der Waals surface area (Å²) in [6, 6.07) is 22.7. The second-order valence-electron chi connectivity index (χ2n) is 9.37. The normalized spacial score (nSPS) is 18.3. The quantitative estimate of drug-likeness (QED) is 0.509. The minimum Gasteiger partial charge on any atom is -0.497 e. The Kier molecular flexibility index (Phi) is 7.00. The Labute approximate surface area is 211 Å². The van der Waals surface area contributed by atoms with Gasteiger partial charge in [0, 0.05) is 32.6 Å². The van der Waals surface area contributed by atoms with Crippen molar-refractivity contribution in [3.8, 4) is 5.75 Å². The standard InChI is InChI=1S/C29H31FN4O2/c1-21-7-5-8-22(17-21)26-19-28(23-9-6-10-24(18-23)36-2)34(31-26)29(35)20-32-13-15-33(16-14-32)27-12-4-3-11-25(27)30/h3-12,17-18,28H,13-16,19-20H2,1-2H3/t28-/m1/s1. The van der Waals surface area contributed by atoms with Gasteiger partial charge in [-0.15, -0.1) is 0 Å². The summed E-state index contributed by atoms with van der Waals surface area (Å²) in [5, 5.41) is 6.47. The van der Waals surface area contributed by atoms with Crippen molar-refractivity contribution >= 4 is 17.3 Å². The molecule has 0 radical (unpaired) electrons. The van der Waals surface area contributed by atoms with E-state index in [2.05, 4.69) is 24.0 Å². The van der Waals surface area contributed by atoms with Gasteiger partial charge in [0.05, 0.1) is 31.1 Å². The Morgan fingerprint density at radius 2 is 1.78 bits per heavy atom. The molecule has 0 saturated carbocycles. The molecule has 186 valence electrons. The zero-order chi connectivity index (χ0) is 25.1. The molecule has 1 fully saturated rings. The van der Waals surface area contributed by atoms with Crippen LogP contribution in [-0.2, 0) is 4.79 Å². The minimum atomic E-state index is -0.210. The second-order valence-corrected chi connectivity index (χ2v) is 9.37. The van der Waals surface area contributed by atoms with E-state index in [4.69, 9.17) is 9.84 Å². The van der Waals surface area contributed by atoms with Crippen LogP contribution in [0, 0.1) is 12.7 Å². The number of hydrogen-bond donors (Lipinski definition) is 0. The summed E-state index contributed by atoms with van der Waals surface area (Å²) in [4.78, 5) is 17.7. The number of hydrogen-bond acceptors (Lipinski definition) is 5. The Balaban J connectivity index is 1.32. The summed E-state index contributed by atoms with van der Waals surface area (Å²) in [6.45, 7) is 5.05. The van der Waals surface area contributed by atoms with E-state index in [1.807, 2.05) is 47.4 Å². The maximum Gasteiger partial charge on any atom is 0.257 e. The third-order valence-corrected chi connectivity index (χ3v) is 6.92. The number of methoxy groups -OCH3 is 1. The van der Waals surface area contributed by atoms with Crippen LogP contribution in [0.5, 0.6) is 5.75 Å². The van der Waals surface area contributed by atoms with Crippen molar-refractivity contribution in [2.24, 2.45) is 5.10 Å². The maximum absolute atomic E-state index is 14.2. The van der Waals surface area contributed by atoms with E-state index in [0.717, 1.165) is 28.2 Å². The molecule has 0 aromatic heterocycles. The molecule has 3 aromatic rings. The summed E-state index contributed by atoms with van der Waals surface area (Å²) in [6.07, 6.45) is 0.642. The van der Waals surface area contributed by atoms with Gasteiger partial charge >= 0.3 is 0 Å². The first-order valence-corrected chi connectivity index (χ1v) is 12.3. The Bertz CT molecular complexity index is 1270. The minimum absolute atomic E-state index is 0.0372. The lowest BCUT2D eigenvalue weighted by Gasteiger charge is -2.36. The van der Waals surface area contributed by atoms with Crippen LogP contribution in [0.2, 0.25) is 0 Å². The maximum atomic E-state index is 14.2. The van der Waals surface area contributed by atoms with Crippen LogP contribution < -0.4 is 9.64 Å². The number of nitrogens with zero attached hydrogens (tertiary/aromatic N) is 4. The molecule has 2 aliphatic heterocycles. The van der Waals surface area contributed by atoms with Crippen molar-refractivity contribution in [3.63, 3.8) is 0 Å². The predicted molar refractivity (Wildman–Crippen MR) is 140 cm³/mol. The smallest absolute Gasteiger partial charge is 0.257 e. The van der Waals surface area contributed by atoms with Crippen LogP contribution in [0.15, 0.2) is 77.9 Å². The summed E-state index contributed by atoms with van der Waals surface area (Å²) >= 11 is 0. The first-order chi connectivity index (χ1) is 17.5. The van der Waals surface area contributed by atoms with Crippen LogP contribution in [0.1, 0.15) is 29.2 Å². The Morgan fingerprint density at radius 1 is 1.00 bits per heavy atom. The lowest BCUT2D eigenvalue weighted by Crippen LogP contribution is -2.49. The number of aryl methyl sites for hydroxylation is 1. The molecule has 6 nitrogen and oxygen atoms in total. The zero-order valence-electron chi connectivity index (χ0n) is 20.7. The molecule has 0 spiro atoms. The van der Waals surface area contributed by atoms with Crippen LogP contribution in [-0.4, -0.2) is 61.4 Å². The van der Waals surface area contributed by atoms with Gasteiger partial charge in [0.2, 0.25) is 0 Å². The van der Waals surface area contributed by atoms with Crippen molar-refractivity contribution in [1.82, 2.24) is 9.91 Å². The average molecular weight is 487 g/mol. The fourth-order valence-electron chi connectivity index (χ4n) is 4.97. The number of halogens is 1. The molecule has 1 amide bonds. The van der Waals surface area contributed by atoms with Gasteiger partial charge in [-0.3, -0.25) is 9.69 Å². The van der Waals surface area contributed by atoms with E-state index < -0.39 is 0 Å². The number of rotatable bonds is 6. The molecule has 1 atom stereocenters. The Hall–Kier alpha value is -3.71. The molecule has 3 aromatic carbocycles. The molecule has 0 unspecified atom stereocenters. The number of piperazine rings is 1. The van der Waals surface area contributed by atoms with Crippen LogP contribution in [0.3, 0.4) is 0 Å². The number of carbonyl (C=O) groups is 1. The van der Waals surface area contributed by atoms with E-state index in [1.165, 1.54) is 6.07 Å². The van der Waals surface area contributed by atoms with E-state index in [0.29, 0.717) is 38.3 Å². The van der Waals surface area contributed by atoms with Crippen molar-refractivity contribution in [3.05, 3.63) is 95.3 Å². The predicted octanol–water partition coefficient (Wildman–Crippen LogP) is 4.64. The second kappa shape index (κ2) is 10.5. The highest BCUT2D eigenvalue weighted by Gasteiger charge is 2.34. The number of para-hydroxylation sites is 1. The molecule has 0 aliphatic carbocycles. The first-order valence-electron chi connectivity index (χ1n) is 12.3. The number of anilines is 1. The fraction of sp³-hybridized carbons (Fsp3) is 0.310. The molecular formula is C29H31FN4O2. The van der Waals surface area contributed by atoms with Crippen molar-refractivity contribution < 1.29 is 13.9 Å². The van der Waals surface area contributed by atoms with E-state index in [1.54, 1.807) is 24.3 Å². The SMILES string of the molecule is COc1cccc([C@H]2CC(c3cccc(C)c3)=NN2C(=O)CN2CCN(c3ccccc3F)CC2)c1. The molecular weight excluding hydrogens is 455 g/mol. The molecule has 0 N–H and O–H groups in total. The first kappa shape index (κ1) is 24.0. The number of ether oxygens (including phenoxy) is 1. The molecule has 0 bridgehead atoms. The van der Waals surface area contributed by atoms with E-state index >= 15 is 0 Å². The molecule has 2 aliphatic rings. The topological polar surface area (TPSA) is 48.4 Å². The molecule has 7 heteroatoms. The number of carbonyl (C=O) groups excluding carboxylic acids is 1. The van der Waals surface area contributed by atoms with E-state index in [9.17, 15) is 9.18 Å². The van der Waals surface area contributed by atoms with Gasteiger partial charge in [0.1, 0.15) is 11.6 Å². The van der Waals surface area contributed by atoms with Gasteiger partial charge < -0.3 is 9.64 Å². The summed E-state index contributed by atoms with van der Waals surface area (Å²) < 4.78 is 19.6. The van der Waals surface area contributed by atoms with Gasteiger partial charge in [-0.2, -0.15) is 5.10 Å². The third kappa shape index (κ3) is 5.11. The number of benzene rings is 3. The van der Waals surface area contributed by atoms with Crippen molar-refractivity contribution in [2.75, 3.05) is 44.7 Å². The molecule has 1 saturated heterocycles. The monoisotopic (exact) mass is 486 g/mol. The van der Waals surface area contributed by atoms with Gasteiger partial charge in [-0.05, 0) is 42.3 Å². The van der Waals surface area contributed by atoms with Gasteiger partial charge in [-0.1, -0.05) is 54.1 Å². The fourth-order valence-corrected chi connectivity index (χ4v) is 4.97. The number of hydrazone groups is 1. The Morgan fingerprint density at radius 3 is 2.53 bits per heavy atom. The van der Waals surface area contributed by atoms with Gasteiger partial charge in [0.15, 0.2) is 0 Å². The molecule has 36 heavy (non-hydrogen) atoms. The average Bonchev–Trinajstić information content (AvgIpc) is 3.36. The highest BCUT2D eigenvalue weighted by Crippen LogP contribution is 2.34. The van der Waals surface area contributed by atoms with Crippen molar-refractivity contribution in [2.45, 2.75) is 19.4 Å². The highest BCUT2D eigenvalue weighted by molar-refractivity contribution is 6.03. The molecule has 5 rings (SSSR count). The lowest BCUT2D eigenvalue weighted by molar-refractivity contribution is -0.134. The molecule has 2 heterocycles. The number of amides is 1. The van der Waals surface area contributed by atoms with Crippen molar-refractivity contribution in [1.29, 1.82) is 0 Å². The van der Waals surface area contributed by atoms with Crippen LogP contribution in [0.25, 0.3) is 0 Å². The summed E-state index contributed by atoms with van der Waals surface area (Å²) in [5.74, 6) is 0.510. The summed E-state index contributed by atoms with van der Waals surface area (Å²) in [5.41, 5.74) is 4.72. The largest absolute Gasteiger partial charge is 0.497 e. The summed E-state index contributed by atoms with van der Waals surface area (Å²) in [7, 11) is 1.65. The zero-order valence-corrected chi connectivity index (χ0v) is 20.7. The lowest BCUT2D eigenvalue weighted by atomic mass is 9.97.